The Morgan fingerprint density at radius 1 is 1.07 bits per heavy atom. The van der Waals surface area contributed by atoms with Crippen LogP contribution in [0.2, 0.25) is 0 Å². The minimum atomic E-state index is -0.565. The van der Waals surface area contributed by atoms with Gasteiger partial charge in [0.2, 0.25) is 11.8 Å². The summed E-state index contributed by atoms with van der Waals surface area (Å²) in [6.45, 7) is 6.25. The lowest BCUT2D eigenvalue weighted by Gasteiger charge is -2.38. The molecule has 0 spiro atoms. The molecule has 1 saturated heterocycles. The van der Waals surface area contributed by atoms with E-state index in [1.807, 2.05) is 13.1 Å². The highest BCUT2D eigenvalue weighted by atomic mass is 19.1. The lowest BCUT2D eigenvalue weighted by atomic mass is 10.1. The molecule has 0 aliphatic carbocycles. The van der Waals surface area contributed by atoms with Crippen molar-refractivity contribution < 1.29 is 23.4 Å². The first-order valence-corrected chi connectivity index (χ1v) is 12.9. The molecule has 0 saturated carbocycles. The number of aryl methyl sites for hydroxylation is 1. The fourth-order valence-electron chi connectivity index (χ4n) is 4.40. The number of anilines is 2. The fraction of sp³-hybridized carbons (Fsp3) is 0.172. The Bertz CT molecular complexity index is 1800. The van der Waals surface area contributed by atoms with E-state index in [2.05, 4.69) is 36.8 Å². The van der Waals surface area contributed by atoms with Crippen LogP contribution in [0.3, 0.4) is 0 Å². The third-order valence-electron chi connectivity index (χ3n) is 6.57. The van der Waals surface area contributed by atoms with Gasteiger partial charge in [0, 0.05) is 29.8 Å². The smallest absolute Gasteiger partial charge is 0.246 e. The molecule has 6 rings (SSSR count). The van der Waals surface area contributed by atoms with Crippen molar-refractivity contribution in [3.63, 3.8) is 0 Å². The average Bonchev–Trinajstić information content (AvgIpc) is 3.42. The SMILES string of the molecule is C=CC(=O)N1CC(Oc2cc3c(Nc4ccc(Oc5cc(-n6cnc(C)c6)ncn5)cc4F)ncnc3cc2OC)C1. The second kappa shape index (κ2) is 11.1. The maximum absolute atomic E-state index is 15.2. The van der Waals surface area contributed by atoms with Crippen molar-refractivity contribution in [2.24, 2.45) is 0 Å². The summed E-state index contributed by atoms with van der Waals surface area (Å²) in [6, 6.07) is 9.49. The van der Waals surface area contributed by atoms with Crippen LogP contribution in [0.15, 0.2) is 74.2 Å². The zero-order valence-electron chi connectivity index (χ0n) is 22.7. The van der Waals surface area contributed by atoms with Crippen molar-refractivity contribution in [3.05, 3.63) is 85.7 Å². The highest BCUT2D eigenvalue weighted by Gasteiger charge is 2.31. The van der Waals surface area contributed by atoms with Crippen LogP contribution in [0.25, 0.3) is 16.7 Å². The summed E-state index contributed by atoms with van der Waals surface area (Å²) in [7, 11) is 1.53. The number of aromatic nitrogens is 6. The van der Waals surface area contributed by atoms with E-state index in [0.717, 1.165) is 5.69 Å². The number of fused-ring (bicyclic) bond motifs is 1. The van der Waals surface area contributed by atoms with Crippen molar-refractivity contribution in [1.29, 1.82) is 0 Å². The Morgan fingerprint density at radius 2 is 1.90 bits per heavy atom. The van der Waals surface area contributed by atoms with Crippen molar-refractivity contribution >= 4 is 28.3 Å². The van der Waals surface area contributed by atoms with Crippen LogP contribution >= 0.6 is 0 Å². The predicted octanol–water partition coefficient (Wildman–Crippen LogP) is 4.37. The van der Waals surface area contributed by atoms with Gasteiger partial charge in [0.1, 0.15) is 48.3 Å². The van der Waals surface area contributed by atoms with E-state index in [1.54, 1.807) is 46.1 Å². The number of ether oxygens (including phenoxy) is 3. The summed E-state index contributed by atoms with van der Waals surface area (Å²) in [5, 5.41) is 3.63. The number of amides is 1. The van der Waals surface area contributed by atoms with Gasteiger partial charge < -0.3 is 24.4 Å². The maximum atomic E-state index is 15.2. The third kappa shape index (κ3) is 5.39. The van der Waals surface area contributed by atoms with Crippen molar-refractivity contribution in [1.82, 2.24) is 34.4 Å². The Balaban J connectivity index is 1.21. The lowest BCUT2D eigenvalue weighted by Crippen LogP contribution is -2.55. The van der Waals surface area contributed by atoms with Crippen LogP contribution < -0.4 is 19.5 Å². The summed E-state index contributed by atoms with van der Waals surface area (Å²) >= 11 is 0. The molecule has 2 aromatic carbocycles. The van der Waals surface area contributed by atoms with Gasteiger partial charge in [0.25, 0.3) is 0 Å². The van der Waals surface area contributed by atoms with Crippen molar-refractivity contribution in [3.8, 4) is 28.9 Å². The Labute approximate surface area is 239 Å². The van der Waals surface area contributed by atoms with E-state index in [-0.39, 0.29) is 29.3 Å². The molecule has 0 unspecified atom stereocenters. The molecular weight excluding hydrogens is 543 g/mol. The quantitative estimate of drug-likeness (QED) is 0.256. The first-order valence-electron chi connectivity index (χ1n) is 12.9. The Hall–Kier alpha value is -5.59. The minimum Gasteiger partial charge on any atom is -0.493 e. The number of hydrogen-bond acceptors (Lipinski definition) is 10. The zero-order valence-corrected chi connectivity index (χ0v) is 22.7. The Kier molecular flexibility index (Phi) is 7.05. The second-order valence-electron chi connectivity index (χ2n) is 9.44. The van der Waals surface area contributed by atoms with E-state index >= 15 is 4.39 Å². The van der Waals surface area contributed by atoms with Gasteiger partial charge in [-0.1, -0.05) is 6.58 Å². The molecule has 1 fully saturated rings. The fourth-order valence-corrected chi connectivity index (χ4v) is 4.40. The number of imidazole rings is 1. The van der Waals surface area contributed by atoms with Gasteiger partial charge in [-0.3, -0.25) is 9.36 Å². The van der Waals surface area contributed by atoms with Crippen LogP contribution in [0, 0.1) is 12.7 Å². The second-order valence-corrected chi connectivity index (χ2v) is 9.44. The van der Waals surface area contributed by atoms with Crippen LogP contribution in [-0.2, 0) is 4.79 Å². The number of nitrogens with zero attached hydrogens (tertiary/aromatic N) is 7. The molecule has 1 N–H and O–H groups in total. The maximum Gasteiger partial charge on any atom is 0.246 e. The number of rotatable bonds is 9. The molecule has 0 radical (unpaired) electrons. The number of halogens is 1. The monoisotopic (exact) mass is 568 g/mol. The summed E-state index contributed by atoms with van der Waals surface area (Å²) in [4.78, 5) is 34.6. The molecule has 5 aromatic rings. The number of methoxy groups -OCH3 is 1. The van der Waals surface area contributed by atoms with Gasteiger partial charge in [0.15, 0.2) is 11.5 Å². The summed E-state index contributed by atoms with van der Waals surface area (Å²) < 4.78 is 34.4. The largest absolute Gasteiger partial charge is 0.493 e. The van der Waals surface area contributed by atoms with E-state index in [4.69, 9.17) is 14.2 Å². The van der Waals surface area contributed by atoms with E-state index in [0.29, 0.717) is 47.1 Å². The standard InChI is InChI=1S/C29H25FN8O4/c1-4-28(39)37-12-19(13-37)41-25-8-20-23(9-24(25)40-3)31-14-34-29(20)36-22-6-5-18(7-21(22)30)42-27-10-26(32-15-33-27)38-11-17(2)35-16-38/h4-11,14-16,19H,1,12-13H2,2-3H3,(H,31,34,36). The van der Waals surface area contributed by atoms with Gasteiger partial charge in [0.05, 0.1) is 37.1 Å². The summed E-state index contributed by atoms with van der Waals surface area (Å²) in [5.74, 6) is 1.65. The molecule has 0 bridgehead atoms. The van der Waals surface area contributed by atoms with Crippen molar-refractivity contribution in [2.75, 3.05) is 25.5 Å². The normalized spacial score (nSPS) is 13.0. The Morgan fingerprint density at radius 3 is 2.64 bits per heavy atom. The average molecular weight is 569 g/mol. The van der Waals surface area contributed by atoms with Gasteiger partial charge >= 0.3 is 0 Å². The molecule has 1 aliphatic rings. The van der Waals surface area contributed by atoms with Crippen LogP contribution in [-0.4, -0.2) is 66.6 Å². The number of hydrogen-bond donors (Lipinski definition) is 1. The molecule has 4 heterocycles. The van der Waals surface area contributed by atoms with E-state index in [9.17, 15) is 4.79 Å². The van der Waals surface area contributed by atoms with E-state index in [1.165, 1.54) is 31.9 Å². The molecule has 1 aliphatic heterocycles. The molecule has 1 amide bonds. The molecule has 12 nitrogen and oxygen atoms in total. The number of carbonyl (C=O) groups is 1. The molecule has 3 aromatic heterocycles. The lowest BCUT2D eigenvalue weighted by molar-refractivity contribution is -0.134. The molecular formula is C29H25FN8O4. The number of likely N-dealkylation sites (tertiary alicyclic amines) is 1. The number of carbonyl (C=O) groups excluding carboxylic acids is 1. The zero-order chi connectivity index (χ0) is 29.2. The van der Waals surface area contributed by atoms with Crippen molar-refractivity contribution in [2.45, 2.75) is 13.0 Å². The highest BCUT2D eigenvalue weighted by Crippen LogP contribution is 2.37. The topological polar surface area (TPSA) is 129 Å². The van der Waals surface area contributed by atoms with Gasteiger partial charge in [-0.05, 0) is 31.2 Å². The molecule has 42 heavy (non-hydrogen) atoms. The van der Waals surface area contributed by atoms with Gasteiger partial charge in [-0.2, -0.15) is 0 Å². The predicted molar refractivity (Wildman–Crippen MR) is 151 cm³/mol. The van der Waals surface area contributed by atoms with Crippen LogP contribution in [0.5, 0.6) is 23.1 Å². The summed E-state index contributed by atoms with van der Waals surface area (Å²) in [6.07, 6.45) is 7.26. The summed E-state index contributed by atoms with van der Waals surface area (Å²) in [5.41, 5.74) is 1.59. The number of benzene rings is 2. The van der Waals surface area contributed by atoms with Gasteiger partial charge in [-0.15, -0.1) is 0 Å². The molecule has 212 valence electrons. The highest BCUT2D eigenvalue weighted by molar-refractivity contribution is 5.93. The van der Waals surface area contributed by atoms with Gasteiger partial charge in [-0.25, -0.2) is 29.3 Å². The molecule has 0 atom stereocenters. The first kappa shape index (κ1) is 26.6. The van der Waals surface area contributed by atoms with Crippen LogP contribution in [0.1, 0.15) is 5.69 Å². The van der Waals surface area contributed by atoms with E-state index < -0.39 is 5.82 Å². The van der Waals surface area contributed by atoms with Crippen LogP contribution in [0.4, 0.5) is 15.9 Å². The third-order valence-corrected chi connectivity index (χ3v) is 6.57. The minimum absolute atomic E-state index is 0.148. The number of nitrogens with one attached hydrogen (secondary N) is 1. The first-order chi connectivity index (χ1) is 20.4. The molecule has 13 heteroatoms.